The van der Waals surface area contributed by atoms with Gasteiger partial charge in [0.15, 0.2) is 0 Å². The smallest absolute Gasteiger partial charge is 0.326 e. The van der Waals surface area contributed by atoms with Gasteiger partial charge >= 0.3 is 5.97 Å². The zero-order chi connectivity index (χ0) is 18.0. The van der Waals surface area contributed by atoms with E-state index >= 15 is 0 Å². The molecule has 0 aromatic carbocycles. The minimum Gasteiger partial charge on any atom is -0.480 e. The van der Waals surface area contributed by atoms with Crippen LogP contribution in [0.5, 0.6) is 0 Å². The summed E-state index contributed by atoms with van der Waals surface area (Å²) in [5.41, 5.74) is 0.708. The van der Waals surface area contributed by atoms with Gasteiger partial charge in [-0.05, 0) is 39.0 Å². The van der Waals surface area contributed by atoms with Crippen LogP contribution in [0.1, 0.15) is 62.8 Å². The van der Waals surface area contributed by atoms with Gasteiger partial charge in [-0.25, -0.2) is 9.78 Å². The lowest BCUT2D eigenvalue weighted by Crippen LogP contribution is -2.46. The molecule has 1 saturated heterocycles. The molecule has 7 heteroatoms. The molecule has 1 aliphatic carbocycles. The van der Waals surface area contributed by atoms with Gasteiger partial charge in [-0.15, -0.1) is 11.3 Å². The number of carboxylic acid groups (broad SMARTS) is 1. The third-order valence-corrected chi connectivity index (χ3v) is 6.38. The summed E-state index contributed by atoms with van der Waals surface area (Å²) in [4.78, 5) is 30.7. The summed E-state index contributed by atoms with van der Waals surface area (Å²) < 4.78 is 5.54. The fourth-order valence-electron chi connectivity index (χ4n) is 4.20. The number of amides is 1. The van der Waals surface area contributed by atoms with Crippen molar-refractivity contribution in [3.8, 4) is 0 Å². The Morgan fingerprint density at radius 1 is 1.44 bits per heavy atom. The maximum Gasteiger partial charge on any atom is 0.326 e. The van der Waals surface area contributed by atoms with Crippen molar-refractivity contribution in [1.29, 1.82) is 0 Å². The Hall–Kier alpha value is -1.47. The number of hydrogen-bond donors (Lipinski definition) is 1. The maximum absolute atomic E-state index is 12.9. The summed E-state index contributed by atoms with van der Waals surface area (Å²) in [6.45, 7) is 4.50. The summed E-state index contributed by atoms with van der Waals surface area (Å²) in [7, 11) is 0. The number of carbonyl (C=O) groups is 2. The Balaban J connectivity index is 1.71. The molecule has 4 unspecified atom stereocenters. The van der Waals surface area contributed by atoms with Crippen LogP contribution in [0.2, 0.25) is 0 Å². The Morgan fingerprint density at radius 2 is 2.20 bits per heavy atom. The van der Waals surface area contributed by atoms with Crippen molar-refractivity contribution < 1.29 is 19.4 Å². The van der Waals surface area contributed by atoms with Crippen LogP contribution in [-0.2, 0) is 20.7 Å². The monoisotopic (exact) mass is 366 g/mol. The van der Waals surface area contributed by atoms with E-state index in [0.29, 0.717) is 24.6 Å². The van der Waals surface area contributed by atoms with Crippen LogP contribution in [0.4, 0.5) is 0 Å². The van der Waals surface area contributed by atoms with E-state index in [-0.39, 0.29) is 24.5 Å². The average molecular weight is 366 g/mol. The fraction of sp³-hybridized carbons (Fsp3) is 0.722. The summed E-state index contributed by atoms with van der Waals surface area (Å²) in [5, 5.41) is 12.3. The molecular weight excluding hydrogens is 340 g/mol. The predicted octanol–water partition coefficient (Wildman–Crippen LogP) is 3.03. The molecule has 138 valence electrons. The van der Waals surface area contributed by atoms with Gasteiger partial charge in [0.1, 0.15) is 17.2 Å². The summed E-state index contributed by atoms with van der Waals surface area (Å²) in [6, 6.07) is -0.594. The summed E-state index contributed by atoms with van der Waals surface area (Å²) in [6.07, 6.45) is 4.84. The van der Waals surface area contributed by atoms with Crippen LogP contribution in [0.25, 0.3) is 0 Å². The van der Waals surface area contributed by atoms with E-state index in [9.17, 15) is 14.7 Å². The predicted molar refractivity (Wildman–Crippen MR) is 94.5 cm³/mol. The molecular formula is C18H26N2O4S. The number of aromatic nitrogens is 1. The lowest BCUT2D eigenvalue weighted by atomic mass is 9.84. The lowest BCUT2D eigenvalue weighted by molar-refractivity contribution is -0.149. The normalized spacial score (nSPS) is 27.1. The maximum atomic E-state index is 12.9. The second kappa shape index (κ2) is 7.83. The number of hydrogen-bond acceptors (Lipinski definition) is 5. The van der Waals surface area contributed by atoms with Crippen LogP contribution in [0.15, 0.2) is 5.38 Å². The van der Waals surface area contributed by atoms with Gasteiger partial charge in [-0.3, -0.25) is 4.79 Å². The van der Waals surface area contributed by atoms with E-state index in [2.05, 4.69) is 4.98 Å². The van der Waals surface area contributed by atoms with Crippen molar-refractivity contribution in [3.63, 3.8) is 0 Å². The van der Waals surface area contributed by atoms with Crippen molar-refractivity contribution in [2.45, 2.75) is 70.6 Å². The molecule has 0 radical (unpaired) electrons. The highest BCUT2D eigenvalue weighted by Gasteiger charge is 2.47. The molecule has 3 rings (SSSR count). The summed E-state index contributed by atoms with van der Waals surface area (Å²) >= 11 is 1.49. The van der Waals surface area contributed by atoms with Crippen LogP contribution < -0.4 is 0 Å². The van der Waals surface area contributed by atoms with Gasteiger partial charge in [-0.1, -0.05) is 12.8 Å². The minimum atomic E-state index is -0.883. The van der Waals surface area contributed by atoms with E-state index in [0.717, 1.165) is 30.7 Å². The SMILES string of the molecule is CCOC(C)c1nc(CC(=O)N2C(C(=O)O)CC3CCCCC32)cs1. The van der Waals surface area contributed by atoms with Crippen LogP contribution in [-0.4, -0.2) is 45.6 Å². The number of carboxylic acids is 1. The first kappa shape index (κ1) is 18.3. The van der Waals surface area contributed by atoms with Crippen LogP contribution >= 0.6 is 11.3 Å². The second-order valence-electron chi connectivity index (χ2n) is 6.95. The molecule has 0 spiro atoms. The van der Waals surface area contributed by atoms with Gasteiger partial charge in [0.2, 0.25) is 5.91 Å². The number of likely N-dealkylation sites (tertiary alicyclic amines) is 1. The Morgan fingerprint density at radius 3 is 2.92 bits per heavy atom. The van der Waals surface area contributed by atoms with Gasteiger partial charge in [0.05, 0.1) is 12.1 Å². The molecule has 1 aliphatic heterocycles. The van der Waals surface area contributed by atoms with Crippen molar-refractivity contribution in [3.05, 3.63) is 16.1 Å². The Bertz CT molecular complexity index is 632. The first-order chi connectivity index (χ1) is 12.0. The fourth-order valence-corrected chi connectivity index (χ4v) is 5.02. The van der Waals surface area contributed by atoms with E-state index in [1.54, 1.807) is 4.90 Å². The van der Waals surface area contributed by atoms with Gasteiger partial charge in [0.25, 0.3) is 0 Å². The molecule has 1 N–H and O–H groups in total. The van der Waals surface area contributed by atoms with Gasteiger partial charge in [0, 0.05) is 18.0 Å². The third-order valence-electron chi connectivity index (χ3n) is 5.33. The Kier molecular flexibility index (Phi) is 5.74. The lowest BCUT2D eigenvalue weighted by Gasteiger charge is -2.33. The highest BCUT2D eigenvalue weighted by atomic mass is 32.1. The molecule has 25 heavy (non-hydrogen) atoms. The topological polar surface area (TPSA) is 79.7 Å². The highest BCUT2D eigenvalue weighted by Crippen LogP contribution is 2.40. The molecule has 2 fully saturated rings. The number of carbonyl (C=O) groups excluding carboxylic acids is 1. The number of ether oxygens (including phenoxy) is 1. The number of fused-ring (bicyclic) bond motifs is 1. The molecule has 6 nitrogen and oxygen atoms in total. The zero-order valence-electron chi connectivity index (χ0n) is 14.8. The molecule has 0 bridgehead atoms. The molecule has 1 saturated carbocycles. The number of aliphatic carboxylic acids is 1. The number of rotatable bonds is 6. The molecule has 2 aliphatic rings. The molecule has 4 atom stereocenters. The van der Waals surface area contributed by atoms with E-state index in [1.807, 2.05) is 19.2 Å². The van der Waals surface area contributed by atoms with Crippen molar-refractivity contribution in [2.24, 2.45) is 5.92 Å². The third kappa shape index (κ3) is 3.87. The van der Waals surface area contributed by atoms with Crippen molar-refractivity contribution in [2.75, 3.05) is 6.61 Å². The summed E-state index contributed by atoms with van der Waals surface area (Å²) in [5.74, 6) is -0.655. The zero-order valence-corrected chi connectivity index (χ0v) is 15.6. The van der Waals surface area contributed by atoms with Crippen LogP contribution in [0, 0.1) is 5.92 Å². The molecule has 1 amide bonds. The minimum absolute atomic E-state index is 0.0832. The number of thiazole rings is 1. The number of nitrogens with zero attached hydrogens (tertiary/aromatic N) is 2. The quantitative estimate of drug-likeness (QED) is 0.837. The first-order valence-electron chi connectivity index (χ1n) is 9.11. The van der Waals surface area contributed by atoms with E-state index in [4.69, 9.17) is 4.74 Å². The van der Waals surface area contributed by atoms with E-state index < -0.39 is 12.0 Å². The van der Waals surface area contributed by atoms with Crippen molar-refractivity contribution in [1.82, 2.24) is 9.88 Å². The average Bonchev–Trinajstić information content (AvgIpc) is 3.19. The standard InChI is InChI=1S/C18H26N2O4S/c1-3-24-11(2)17-19-13(10-25-17)9-16(21)20-14-7-5-4-6-12(14)8-15(20)18(22)23/h10-12,14-15H,3-9H2,1-2H3,(H,22,23). The van der Waals surface area contributed by atoms with Gasteiger partial charge < -0.3 is 14.7 Å². The second-order valence-corrected chi connectivity index (χ2v) is 7.84. The molecule has 2 heterocycles. The molecule has 1 aromatic heterocycles. The largest absolute Gasteiger partial charge is 0.480 e. The van der Waals surface area contributed by atoms with E-state index in [1.165, 1.54) is 11.3 Å². The van der Waals surface area contributed by atoms with Gasteiger partial charge in [-0.2, -0.15) is 0 Å². The first-order valence-corrected chi connectivity index (χ1v) is 9.99. The van der Waals surface area contributed by atoms with Crippen molar-refractivity contribution >= 4 is 23.2 Å². The van der Waals surface area contributed by atoms with Crippen LogP contribution in [0.3, 0.4) is 0 Å². The molecule has 1 aromatic rings. The highest BCUT2D eigenvalue weighted by molar-refractivity contribution is 7.09. The Labute approximate surface area is 152 Å².